The van der Waals surface area contributed by atoms with E-state index in [1.165, 1.54) is 141 Å². The zero-order valence-electron chi connectivity index (χ0n) is 17.6. The molecule has 0 saturated heterocycles. The van der Waals surface area contributed by atoms with Crippen LogP contribution in [0.2, 0.25) is 2.52 Å². The Morgan fingerprint density at radius 1 is 0.458 bits per heavy atom. The molecule has 0 aromatic rings. The van der Waals surface area contributed by atoms with Crippen LogP contribution in [0.3, 0.4) is 0 Å². The van der Waals surface area contributed by atoms with Crippen LogP contribution < -0.4 is 5.32 Å². The molecule has 1 nitrogen and oxygen atoms in total. The summed E-state index contributed by atoms with van der Waals surface area (Å²) in [6, 6.07) is 0. The summed E-state index contributed by atoms with van der Waals surface area (Å²) >= 11 is 1.50. The van der Waals surface area contributed by atoms with Crippen LogP contribution in [-0.4, -0.2) is 48.9 Å². The van der Waals surface area contributed by atoms with Crippen molar-refractivity contribution in [2.45, 2.75) is 126 Å². The van der Waals surface area contributed by atoms with Gasteiger partial charge in [-0.3, -0.25) is 0 Å². The molecule has 0 aliphatic rings. The van der Waals surface area contributed by atoms with Crippen molar-refractivity contribution in [3.05, 3.63) is 0 Å². The standard InChI is InChI=1S/C18H37.C4H11N.Ca/c1-3-5-7-9-11-13-15-17-18-16-14-12-10-8-6-4-2;1-3-5-4-2;/h1,3-18H2,2H3;5H,3-4H2,1-2H3;/q;;+2. The van der Waals surface area contributed by atoms with Gasteiger partial charge in [-0.1, -0.05) is 52.9 Å². The Bertz CT molecular complexity index is 167. The van der Waals surface area contributed by atoms with Crippen molar-refractivity contribution >= 4 is 35.8 Å². The van der Waals surface area contributed by atoms with Crippen LogP contribution in [0.4, 0.5) is 0 Å². The molecule has 7 radical (unpaired) electrons. The fraction of sp³-hybridized carbons (Fsp3) is 1.00. The average molecular weight is 367 g/mol. The Kier molecular flexibility index (Phi) is 33.2. The monoisotopic (exact) mass is 366 g/mol. The van der Waals surface area contributed by atoms with Crippen LogP contribution in [0, 0.1) is 0 Å². The summed E-state index contributed by atoms with van der Waals surface area (Å²) in [5, 5.41) is 3.11. The first-order valence-corrected chi connectivity index (χ1v) is 12.9. The Hall–Kier alpha value is 1.22. The molecular weight excluding hydrogens is 318 g/mol. The van der Waals surface area contributed by atoms with Crippen LogP contribution in [0.5, 0.6) is 0 Å². The molecular formula is C22H48CaN+2. The Balaban J connectivity index is 0. The molecule has 0 spiro atoms. The molecule has 1 N–H and O–H groups in total. The summed E-state index contributed by atoms with van der Waals surface area (Å²) in [6.45, 7) is 8.69. The zero-order chi connectivity index (χ0) is 18.1. The molecule has 0 bridgehead atoms. The molecule has 0 fully saturated rings. The number of rotatable bonds is 18. The topological polar surface area (TPSA) is 12.0 Å². The van der Waals surface area contributed by atoms with Crippen LogP contribution in [0.25, 0.3) is 0 Å². The van der Waals surface area contributed by atoms with Gasteiger partial charge < -0.3 is 5.32 Å². The SMILES string of the molecule is CCCCCCCCCCCCCCCCC[CH2][Ca+2].CCNCC. The van der Waals surface area contributed by atoms with Crippen molar-refractivity contribution in [3.8, 4) is 0 Å². The van der Waals surface area contributed by atoms with Gasteiger partial charge in [-0.05, 0) is 13.1 Å². The van der Waals surface area contributed by atoms with Gasteiger partial charge in [0.25, 0.3) is 0 Å². The van der Waals surface area contributed by atoms with Gasteiger partial charge in [0.2, 0.25) is 0 Å². The Morgan fingerprint density at radius 2 is 0.750 bits per heavy atom. The van der Waals surface area contributed by atoms with E-state index in [2.05, 4.69) is 26.1 Å². The second-order valence-electron chi connectivity index (χ2n) is 7.11. The van der Waals surface area contributed by atoms with E-state index < -0.39 is 0 Å². The molecule has 0 aromatic carbocycles. The van der Waals surface area contributed by atoms with Crippen molar-refractivity contribution in [3.63, 3.8) is 0 Å². The van der Waals surface area contributed by atoms with Gasteiger partial charge >= 0.3 is 109 Å². The molecule has 0 unspecified atom stereocenters. The predicted octanol–water partition coefficient (Wildman–Crippen LogP) is 7.45. The molecule has 0 amide bonds. The van der Waals surface area contributed by atoms with Gasteiger partial charge in [0.05, 0.1) is 0 Å². The summed E-state index contributed by atoms with van der Waals surface area (Å²) in [4.78, 5) is 0. The molecule has 0 heterocycles. The number of unbranched alkanes of at least 4 members (excludes halogenated alkanes) is 15. The summed E-state index contributed by atoms with van der Waals surface area (Å²) in [5.74, 6) is 0. The van der Waals surface area contributed by atoms with Crippen molar-refractivity contribution in [2.75, 3.05) is 13.1 Å². The third-order valence-electron chi connectivity index (χ3n) is 4.60. The maximum Gasteiger partial charge on any atom is -0.00775 e. The van der Waals surface area contributed by atoms with E-state index in [-0.39, 0.29) is 0 Å². The van der Waals surface area contributed by atoms with Gasteiger partial charge in [-0.25, -0.2) is 0 Å². The minimum Gasteiger partial charge on any atom is -0.317 e. The Morgan fingerprint density at radius 3 is 0.958 bits per heavy atom. The van der Waals surface area contributed by atoms with Crippen LogP contribution in [0.15, 0.2) is 0 Å². The summed E-state index contributed by atoms with van der Waals surface area (Å²) in [6.07, 6.45) is 23.7. The molecule has 0 rings (SSSR count). The smallest absolute Gasteiger partial charge is 0.00775 e. The van der Waals surface area contributed by atoms with Gasteiger partial charge in [0.15, 0.2) is 0 Å². The quantitative estimate of drug-likeness (QED) is 0.196. The second-order valence-corrected chi connectivity index (χ2v) is 8.22. The van der Waals surface area contributed by atoms with E-state index in [0.29, 0.717) is 0 Å². The Labute approximate surface area is 179 Å². The normalized spacial score (nSPS) is 10.5. The predicted molar refractivity (Wildman–Crippen MR) is 114 cm³/mol. The van der Waals surface area contributed by atoms with Crippen molar-refractivity contribution in [1.29, 1.82) is 0 Å². The van der Waals surface area contributed by atoms with Crippen molar-refractivity contribution in [1.82, 2.24) is 5.32 Å². The summed E-state index contributed by atoms with van der Waals surface area (Å²) in [7, 11) is 0. The number of hydrogen-bond acceptors (Lipinski definition) is 1. The van der Waals surface area contributed by atoms with Crippen LogP contribution in [-0.2, 0) is 0 Å². The van der Waals surface area contributed by atoms with Crippen LogP contribution in [0.1, 0.15) is 124 Å². The average Bonchev–Trinajstić information content (AvgIpc) is 2.60. The minimum atomic E-state index is 1.09. The van der Waals surface area contributed by atoms with Crippen molar-refractivity contribution < 1.29 is 0 Å². The van der Waals surface area contributed by atoms with E-state index in [1.807, 2.05) is 0 Å². The first-order valence-electron chi connectivity index (χ1n) is 11.3. The molecule has 0 atom stereocenters. The zero-order valence-corrected chi connectivity index (χ0v) is 19.9. The van der Waals surface area contributed by atoms with E-state index >= 15 is 0 Å². The number of hydrogen-bond donors (Lipinski definition) is 1. The van der Waals surface area contributed by atoms with Gasteiger partial charge in [0.1, 0.15) is 0 Å². The molecule has 0 aliphatic heterocycles. The molecule has 141 valence electrons. The van der Waals surface area contributed by atoms with Gasteiger partial charge in [-0.2, -0.15) is 0 Å². The maximum atomic E-state index is 3.11. The van der Waals surface area contributed by atoms with E-state index in [4.69, 9.17) is 0 Å². The largest absolute Gasteiger partial charge is 0.317 e. The third kappa shape index (κ3) is 31.0. The third-order valence-corrected chi connectivity index (χ3v) is 5.38. The molecule has 2 heteroatoms. The van der Waals surface area contributed by atoms with E-state index in [1.54, 1.807) is 0 Å². The van der Waals surface area contributed by atoms with Crippen LogP contribution >= 0.6 is 0 Å². The van der Waals surface area contributed by atoms with Gasteiger partial charge in [0, 0.05) is 0 Å². The maximum absolute atomic E-state index is 3.11. The molecule has 0 saturated carbocycles. The summed E-state index contributed by atoms with van der Waals surface area (Å²) < 4.78 is 1.50. The molecule has 0 aromatic heterocycles. The number of nitrogens with one attached hydrogen (secondary N) is 1. The first kappa shape index (κ1) is 27.4. The first-order chi connectivity index (χ1) is 11.8. The van der Waals surface area contributed by atoms with E-state index in [9.17, 15) is 0 Å². The molecule has 24 heavy (non-hydrogen) atoms. The van der Waals surface area contributed by atoms with E-state index in [0.717, 1.165) is 13.1 Å². The van der Waals surface area contributed by atoms with Gasteiger partial charge in [-0.15, -0.1) is 0 Å². The fourth-order valence-electron chi connectivity index (χ4n) is 2.97. The minimum absolute atomic E-state index is 1.09. The fourth-order valence-corrected chi connectivity index (χ4v) is 3.53. The summed E-state index contributed by atoms with van der Waals surface area (Å²) in [5.41, 5.74) is 0. The second kappa shape index (κ2) is 29.0. The van der Waals surface area contributed by atoms with Crippen molar-refractivity contribution in [2.24, 2.45) is 0 Å². The molecule has 0 aliphatic carbocycles.